The molecule has 0 saturated carbocycles. The Kier molecular flexibility index (Phi) is 1.96. The van der Waals surface area contributed by atoms with E-state index in [0.717, 1.165) is 5.69 Å². The zero-order valence-electron chi connectivity index (χ0n) is 7.19. The highest BCUT2D eigenvalue weighted by atomic mass is 16.4. The summed E-state index contributed by atoms with van der Waals surface area (Å²) in [6, 6.07) is 6.14. The second kappa shape index (κ2) is 3.26. The minimum Gasteiger partial charge on any atom is -0.422 e. The van der Waals surface area contributed by atoms with Crippen LogP contribution in [-0.4, -0.2) is 17.0 Å². The molecule has 2 heterocycles. The van der Waals surface area contributed by atoms with Crippen LogP contribution in [0.25, 0.3) is 11.5 Å². The standard InChI is InChI=1S/C9H9N3O/c1-10-9-12-6-8(13-9)7-4-2-3-5-11-7/h2-6H,1H3,(H,10,12). The summed E-state index contributed by atoms with van der Waals surface area (Å²) in [5.74, 6) is 0.671. The van der Waals surface area contributed by atoms with Crippen molar-refractivity contribution in [1.82, 2.24) is 9.97 Å². The normalized spacial score (nSPS) is 9.92. The zero-order valence-corrected chi connectivity index (χ0v) is 7.19. The summed E-state index contributed by atoms with van der Waals surface area (Å²) in [5.41, 5.74) is 0.788. The van der Waals surface area contributed by atoms with E-state index in [1.165, 1.54) is 0 Å². The number of hydrogen-bond donors (Lipinski definition) is 1. The summed E-state index contributed by atoms with van der Waals surface area (Å²) in [5, 5.41) is 2.81. The van der Waals surface area contributed by atoms with Crippen LogP contribution in [0.5, 0.6) is 0 Å². The Morgan fingerprint density at radius 3 is 2.85 bits per heavy atom. The average molecular weight is 175 g/mol. The van der Waals surface area contributed by atoms with E-state index in [1.807, 2.05) is 18.2 Å². The van der Waals surface area contributed by atoms with Crippen LogP contribution in [0.4, 0.5) is 6.01 Å². The third kappa shape index (κ3) is 1.51. The number of rotatable bonds is 2. The van der Waals surface area contributed by atoms with Crippen LogP contribution in [-0.2, 0) is 0 Å². The fourth-order valence-corrected chi connectivity index (χ4v) is 1.02. The molecule has 0 amide bonds. The summed E-state index contributed by atoms with van der Waals surface area (Å²) in [6.45, 7) is 0. The minimum atomic E-state index is 0.501. The molecule has 0 radical (unpaired) electrons. The van der Waals surface area contributed by atoms with Gasteiger partial charge in [-0.15, -0.1) is 0 Å². The molecule has 4 nitrogen and oxygen atoms in total. The monoisotopic (exact) mass is 175 g/mol. The predicted molar refractivity (Wildman–Crippen MR) is 49.3 cm³/mol. The number of anilines is 1. The van der Waals surface area contributed by atoms with Crippen molar-refractivity contribution >= 4 is 6.01 Å². The molecule has 0 aliphatic carbocycles. The molecule has 0 fully saturated rings. The van der Waals surface area contributed by atoms with Crippen molar-refractivity contribution in [3.8, 4) is 11.5 Å². The molecule has 66 valence electrons. The van der Waals surface area contributed by atoms with Gasteiger partial charge in [-0.1, -0.05) is 6.07 Å². The van der Waals surface area contributed by atoms with E-state index in [2.05, 4.69) is 15.3 Å². The van der Waals surface area contributed by atoms with E-state index in [9.17, 15) is 0 Å². The van der Waals surface area contributed by atoms with Gasteiger partial charge in [-0.05, 0) is 12.1 Å². The maximum atomic E-state index is 5.33. The maximum absolute atomic E-state index is 5.33. The summed E-state index contributed by atoms with van der Waals surface area (Å²) in [7, 11) is 1.76. The molecular formula is C9H9N3O. The molecule has 2 aromatic rings. The Bertz CT molecular complexity index is 383. The summed E-state index contributed by atoms with van der Waals surface area (Å²) >= 11 is 0. The van der Waals surface area contributed by atoms with E-state index in [0.29, 0.717) is 11.8 Å². The third-order valence-corrected chi connectivity index (χ3v) is 1.64. The van der Waals surface area contributed by atoms with Crippen molar-refractivity contribution in [2.24, 2.45) is 0 Å². The van der Waals surface area contributed by atoms with Gasteiger partial charge in [-0.3, -0.25) is 4.98 Å². The largest absolute Gasteiger partial charge is 0.422 e. The first-order valence-electron chi connectivity index (χ1n) is 3.95. The Morgan fingerprint density at radius 2 is 2.23 bits per heavy atom. The Hall–Kier alpha value is -1.84. The predicted octanol–water partition coefficient (Wildman–Crippen LogP) is 1.78. The number of oxazole rings is 1. The molecular weight excluding hydrogens is 166 g/mol. The Balaban J connectivity index is 2.36. The van der Waals surface area contributed by atoms with Crippen LogP contribution in [0.2, 0.25) is 0 Å². The molecule has 0 unspecified atom stereocenters. The van der Waals surface area contributed by atoms with E-state index in [1.54, 1.807) is 19.4 Å². The van der Waals surface area contributed by atoms with E-state index >= 15 is 0 Å². The van der Waals surface area contributed by atoms with Gasteiger partial charge >= 0.3 is 0 Å². The second-order valence-corrected chi connectivity index (χ2v) is 2.49. The summed E-state index contributed by atoms with van der Waals surface area (Å²) < 4.78 is 5.33. The van der Waals surface area contributed by atoms with Gasteiger partial charge in [0.2, 0.25) is 0 Å². The highest BCUT2D eigenvalue weighted by Crippen LogP contribution is 2.19. The van der Waals surface area contributed by atoms with Gasteiger partial charge in [0.1, 0.15) is 5.69 Å². The van der Waals surface area contributed by atoms with Gasteiger partial charge in [0.25, 0.3) is 6.01 Å². The minimum absolute atomic E-state index is 0.501. The van der Waals surface area contributed by atoms with Crippen LogP contribution < -0.4 is 5.32 Å². The van der Waals surface area contributed by atoms with Crippen LogP contribution in [0.3, 0.4) is 0 Å². The van der Waals surface area contributed by atoms with E-state index < -0.39 is 0 Å². The topological polar surface area (TPSA) is 51.0 Å². The molecule has 4 heteroatoms. The molecule has 0 aromatic carbocycles. The van der Waals surface area contributed by atoms with Crippen LogP contribution in [0, 0.1) is 0 Å². The summed E-state index contributed by atoms with van der Waals surface area (Å²) in [4.78, 5) is 8.13. The van der Waals surface area contributed by atoms with Crippen molar-refractivity contribution in [2.45, 2.75) is 0 Å². The van der Waals surface area contributed by atoms with Gasteiger partial charge in [0.15, 0.2) is 5.76 Å². The lowest BCUT2D eigenvalue weighted by molar-refractivity contribution is 0.587. The fourth-order valence-electron chi connectivity index (χ4n) is 1.02. The number of nitrogens with one attached hydrogen (secondary N) is 1. The Labute approximate surface area is 75.6 Å². The highest BCUT2D eigenvalue weighted by molar-refractivity contribution is 5.51. The van der Waals surface area contributed by atoms with Gasteiger partial charge in [0.05, 0.1) is 6.20 Å². The van der Waals surface area contributed by atoms with Gasteiger partial charge in [0, 0.05) is 13.2 Å². The molecule has 13 heavy (non-hydrogen) atoms. The van der Waals surface area contributed by atoms with Crippen LogP contribution in [0.15, 0.2) is 35.0 Å². The highest BCUT2D eigenvalue weighted by Gasteiger charge is 2.04. The van der Waals surface area contributed by atoms with Gasteiger partial charge < -0.3 is 9.73 Å². The first kappa shape index (κ1) is 7.79. The SMILES string of the molecule is CNc1ncc(-c2ccccn2)o1. The van der Waals surface area contributed by atoms with Gasteiger partial charge in [-0.25, -0.2) is 4.98 Å². The van der Waals surface area contributed by atoms with Gasteiger partial charge in [-0.2, -0.15) is 0 Å². The maximum Gasteiger partial charge on any atom is 0.294 e. The molecule has 0 aliphatic heterocycles. The first-order valence-corrected chi connectivity index (χ1v) is 3.95. The molecule has 0 atom stereocenters. The molecule has 1 N–H and O–H groups in total. The van der Waals surface area contributed by atoms with Crippen molar-refractivity contribution in [3.05, 3.63) is 30.6 Å². The first-order chi connectivity index (χ1) is 6.40. The van der Waals surface area contributed by atoms with Crippen LogP contribution in [0.1, 0.15) is 0 Å². The lowest BCUT2D eigenvalue weighted by atomic mass is 10.3. The lowest BCUT2D eigenvalue weighted by Crippen LogP contribution is -1.85. The molecule has 0 bridgehead atoms. The third-order valence-electron chi connectivity index (χ3n) is 1.64. The van der Waals surface area contributed by atoms with Crippen molar-refractivity contribution < 1.29 is 4.42 Å². The molecule has 0 saturated heterocycles. The van der Waals surface area contributed by atoms with Crippen molar-refractivity contribution in [1.29, 1.82) is 0 Å². The second-order valence-electron chi connectivity index (χ2n) is 2.49. The Morgan fingerprint density at radius 1 is 1.31 bits per heavy atom. The molecule has 0 aliphatic rings. The van der Waals surface area contributed by atoms with E-state index in [4.69, 9.17) is 4.42 Å². The van der Waals surface area contributed by atoms with Crippen LogP contribution >= 0.6 is 0 Å². The van der Waals surface area contributed by atoms with Crippen molar-refractivity contribution in [2.75, 3.05) is 12.4 Å². The number of pyridine rings is 1. The number of hydrogen-bond acceptors (Lipinski definition) is 4. The summed E-state index contributed by atoms with van der Waals surface area (Å²) in [6.07, 6.45) is 3.37. The molecule has 2 aromatic heterocycles. The smallest absolute Gasteiger partial charge is 0.294 e. The molecule has 2 rings (SSSR count). The fraction of sp³-hybridized carbons (Fsp3) is 0.111. The number of aromatic nitrogens is 2. The van der Waals surface area contributed by atoms with Crippen molar-refractivity contribution in [3.63, 3.8) is 0 Å². The average Bonchev–Trinajstić information content (AvgIpc) is 2.67. The van der Waals surface area contributed by atoms with E-state index in [-0.39, 0.29) is 0 Å². The lowest BCUT2D eigenvalue weighted by Gasteiger charge is -1.92. The number of nitrogens with zero attached hydrogens (tertiary/aromatic N) is 2. The quantitative estimate of drug-likeness (QED) is 0.755. The zero-order chi connectivity index (χ0) is 9.10. The molecule has 0 spiro atoms.